The maximum Gasteiger partial charge on any atom is 0.134 e. The molecule has 0 spiro atoms. The molecular weight excluding hydrogens is 142 g/mol. The summed E-state index contributed by atoms with van der Waals surface area (Å²) in [7, 11) is 0. The van der Waals surface area contributed by atoms with Crippen molar-refractivity contribution >= 4 is 0 Å². The fourth-order valence-corrected chi connectivity index (χ4v) is 0.961. The summed E-state index contributed by atoms with van der Waals surface area (Å²) in [6, 6.07) is -0.216. The predicted octanol–water partition coefficient (Wildman–Crippen LogP) is -0.470. The van der Waals surface area contributed by atoms with Crippen molar-refractivity contribution in [2.75, 3.05) is 6.61 Å². The second-order valence-electron chi connectivity index (χ2n) is 3.01. The van der Waals surface area contributed by atoms with Crippen LogP contribution in [0.25, 0.3) is 0 Å². The molecule has 0 aliphatic rings. The Bertz CT molecular complexity index is 88.2. The topological polar surface area (TPSA) is 68.1 Å². The van der Waals surface area contributed by atoms with Gasteiger partial charge in [-0.25, -0.2) is 0 Å². The van der Waals surface area contributed by atoms with E-state index in [9.17, 15) is 5.11 Å². The molecule has 0 saturated heterocycles. The van der Waals surface area contributed by atoms with Crippen molar-refractivity contribution in [3.63, 3.8) is 0 Å². The number of unbranched alkanes of at least 4 members (excludes halogenated alkanes) is 2. The average Bonchev–Trinajstić information content (AvgIpc) is 2.03. The van der Waals surface area contributed by atoms with Gasteiger partial charge >= 0.3 is 0 Å². The van der Waals surface area contributed by atoms with Crippen LogP contribution in [0.1, 0.15) is 32.6 Å². The zero-order chi connectivity index (χ0) is 8.69. The van der Waals surface area contributed by atoms with Gasteiger partial charge in [0.15, 0.2) is 0 Å². The van der Waals surface area contributed by atoms with Crippen LogP contribution < -0.4 is 5.73 Å². The molecule has 68 valence electrons. The summed E-state index contributed by atoms with van der Waals surface area (Å²) in [5.74, 6) is 0. The van der Waals surface area contributed by atoms with E-state index in [1.807, 2.05) is 0 Å². The van der Waals surface area contributed by atoms with Crippen molar-refractivity contribution < 1.29 is 15.9 Å². The Morgan fingerprint density at radius 2 is 2.00 bits per heavy atom. The predicted molar refractivity (Wildman–Crippen MR) is 43.9 cm³/mol. The molecule has 3 nitrogen and oxygen atoms in total. The highest BCUT2D eigenvalue weighted by Crippen LogP contribution is 2.04. The summed E-state index contributed by atoms with van der Waals surface area (Å²) >= 11 is 0. The minimum absolute atomic E-state index is 0.0205. The average molecular weight is 162 g/mol. The van der Waals surface area contributed by atoms with Gasteiger partial charge in [-0.1, -0.05) is 26.2 Å². The van der Waals surface area contributed by atoms with Crippen LogP contribution in [0.5, 0.6) is 0 Å². The first-order valence-corrected chi connectivity index (χ1v) is 4.34. The summed E-state index contributed by atoms with van der Waals surface area (Å²) in [6.07, 6.45) is 3.68. The van der Waals surface area contributed by atoms with Gasteiger partial charge in [0, 0.05) is 0 Å². The summed E-state index contributed by atoms with van der Waals surface area (Å²) in [6.45, 7) is 2.10. The Balaban J connectivity index is 3.28. The van der Waals surface area contributed by atoms with E-state index in [2.05, 4.69) is 12.7 Å². The Hall–Kier alpha value is -0.120. The smallest absolute Gasteiger partial charge is 0.134 e. The molecule has 5 N–H and O–H groups in total. The van der Waals surface area contributed by atoms with Crippen LogP contribution >= 0.6 is 0 Å². The van der Waals surface area contributed by atoms with Crippen LogP contribution in [0, 0.1) is 0 Å². The molecule has 0 heterocycles. The van der Waals surface area contributed by atoms with E-state index in [0.717, 1.165) is 25.7 Å². The normalized spacial score (nSPS) is 16.4. The Morgan fingerprint density at radius 3 is 2.45 bits per heavy atom. The summed E-state index contributed by atoms with van der Waals surface area (Å²) < 4.78 is 0. The highest BCUT2D eigenvalue weighted by Gasteiger charge is 2.15. The molecule has 0 bridgehead atoms. The van der Waals surface area contributed by atoms with Crippen LogP contribution in [0.4, 0.5) is 0 Å². The number of hydrogen-bond acceptors (Lipinski definition) is 2. The van der Waals surface area contributed by atoms with Gasteiger partial charge in [0.1, 0.15) is 12.1 Å². The lowest BCUT2D eigenvalue weighted by Gasteiger charge is -2.12. The first kappa shape index (κ1) is 10.9. The van der Waals surface area contributed by atoms with Crippen molar-refractivity contribution in [2.45, 2.75) is 44.8 Å². The van der Waals surface area contributed by atoms with E-state index in [1.165, 1.54) is 0 Å². The molecule has 0 saturated carbocycles. The second-order valence-corrected chi connectivity index (χ2v) is 3.01. The lowest BCUT2D eigenvalue weighted by molar-refractivity contribution is -0.443. The Kier molecular flexibility index (Phi) is 6.51. The molecule has 0 radical (unpaired) electrons. The Labute approximate surface area is 68.2 Å². The third-order valence-electron chi connectivity index (χ3n) is 1.88. The fourth-order valence-electron chi connectivity index (χ4n) is 0.961. The van der Waals surface area contributed by atoms with E-state index >= 15 is 0 Å². The maximum absolute atomic E-state index is 9.32. The van der Waals surface area contributed by atoms with Gasteiger partial charge in [0.2, 0.25) is 0 Å². The van der Waals surface area contributed by atoms with E-state index in [1.54, 1.807) is 0 Å². The molecule has 0 aliphatic carbocycles. The lowest BCUT2D eigenvalue weighted by Crippen LogP contribution is -2.68. The molecular formula is C8H20NO2+. The SMILES string of the molecule is CCCCCC(O)C([NH3+])CO. The molecule has 0 aliphatic heterocycles. The lowest BCUT2D eigenvalue weighted by atomic mass is 10.1. The minimum Gasteiger partial charge on any atom is -0.390 e. The van der Waals surface area contributed by atoms with Crippen LogP contribution in [-0.4, -0.2) is 29.0 Å². The molecule has 11 heavy (non-hydrogen) atoms. The highest BCUT2D eigenvalue weighted by molar-refractivity contribution is 4.63. The molecule has 0 aromatic carbocycles. The van der Waals surface area contributed by atoms with Gasteiger partial charge in [-0.05, 0) is 6.42 Å². The molecule has 0 rings (SSSR count). The van der Waals surface area contributed by atoms with Crippen LogP contribution in [-0.2, 0) is 0 Å². The third-order valence-corrected chi connectivity index (χ3v) is 1.88. The number of quaternary nitrogens is 1. The maximum atomic E-state index is 9.32. The standard InChI is InChI=1S/C8H19NO2/c1-2-3-4-5-8(11)7(9)6-10/h7-8,10-11H,2-6,9H2,1H3/p+1. The minimum atomic E-state index is -0.424. The highest BCUT2D eigenvalue weighted by atomic mass is 16.3. The van der Waals surface area contributed by atoms with Crippen molar-refractivity contribution in [3.05, 3.63) is 0 Å². The third kappa shape index (κ3) is 5.18. The van der Waals surface area contributed by atoms with Gasteiger partial charge in [-0.3, -0.25) is 0 Å². The Morgan fingerprint density at radius 1 is 1.36 bits per heavy atom. The number of aliphatic hydroxyl groups is 2. The number of hydrogen-bond donors (Lipinski definition) is 3. The van der Waals surface area contributed by atoms with Crippen molar-refractivity contribution in [1.29, 1.82) is 0 Å². The largest absolute Gasteiger partial charge is 0.390 e. The van der Waals surface area contributed by atoms with Crippen LogP contribution in [0.3, 0.4) is 0 Å². The monoisotopic (exact) mass is 162 g/mol. The van der Waals surface area contributed by atoms with Crippen LogP contribution in [0.2, 0.25) is 0 Å². The van der Waals surface area contributed by atoms with Gasteiger partial charge in [-0.2, -0.15) is 0 Å². The first-order valence-electron chi connectivity index (χ1n) is 4.34. The molecule has 2 atom stereocenters. The summed E-state index contributed by atoms with van der Waals surface area (Å²) in [4.78, 5) is 0. The van der Waals surface area contributed by atoms with Gasteiger partial charge in [-0.15, -0.1) is 0 Å². The first-order chi connectivity index (χ1) is 5.22. The molecule has 0 amide bonds. The van der Waals surface area contributed by atoms with E-state index < -0.39 is 6.10 Å². The summed E-state index contributed by atoms with van der Waals surface area (Å²) in [5, 5.41) is 18.0. The number of aliphatic hydroxyl groups excluding tert-OH is 2. The van der Waals surface area contributed by atoms with E-state index in [-0.39, 0.29) is 12.6 Å². The van der Waals surface area contributed by atoms with E-state index in [0.29, 0.717) is 0 Å². The second kappa shape index (κ2) is 6.58. The van der Waals surface area contributed by atoms with Gasteiger partial charge < -0.3 is 15.9 Å². The molecule has 2 unspecified atom stereocenters. The van der Waals surface area contributed by atoms with Gasteiger partial charge in [0.05, 0.1) is 6.61 Å². The van der Waals surface area contributed by atoms with Gasteiger partial charge in [0.25, 0.3) is 0 Å². The zero-order valence-electron chi connectivity index (χ0n) is 7.29. The van der Waals surface area contributed by atoms with Crippen molar-refractivity contribution in [3.8, 4) is 0 Å². The van der Waals surface area contributed by atoms with Crippen molar-refractivity contribution in [2.24, 2.45) is 0 Å². The quantitative estimate of drug-likeness (QED) is 0.462. The van der Waals surface area contributed by atoms with Crippen LogP contribution in [0.15, 0.2) is 0 Å². The zero-order valence-corrected chi connectivity index (χ0v) is 7.29. The summed E-state index contributed by atoms with van der Waals surface area (Å²) in [5.41, 5.74) is 3.64. The molecule has 3 heteroatoms. The number of rotatable bonds is 6. The van der Waals surface area contributed by atoms with Crippen molar-refractivity contribution in [1.82, 2.24) is 0 Å². The van der Waals surface area contributed by atoms with E-state index in [4.69, 9.17) is 5.11 Å². The molecule has 0 aromatic rings. The fraction of sp³-hybridized carbons (Fsp3) is 1.00. The molecule has 0 fully saturated rings. The molecule has 0 aromatic heterocycles.